The van der Waals surface area contributed by atoms with Gasteiger partial charge >= 0.3 is 0 Å². The second-order valence-corrected chi connectivity index (χ2v) is 5.01. The molecule has 0 N–H and O–H groups in total. The van der Waals surface area contributed by atoms with E-state index in [0.717, 1.165) is 18.8 Å². The third kappa shape index (κ3) is 3.69. The smallest absolute Gasteiger partial charge is 0.147 e. The van der Waals surface area contributed by atoms with Crippen LogP contribution in [0.1, 0.15) is 20.3 Å². The number of alkyl halides is 1. The molecule has 5 heteroatoms. The van der Waals surface area contributed by atoms with E-state index in [0.29, 0.717) is 22.0 Å². The number of hydrogen-bond acceptors (Lipinski definition) is 2. The molecule has 1 aromatic rings. The first kappa shape index (κ1) is 13.9. The molecule has 1 rings (SSSR count). The minimum atomic E-state index is 0.328. The summed E-state index contributed by atoms with van der Waals surface area (Å²) in [6.07, 6.45) is 2.51. The summed E-state index contributed by atoms with van der Waals surface area (Å²) in [6, 6.07) is 2.04. The fraction of sp³-hybridized carbons (Fsp3) is 0.545. The van der Waals surface area contributed by atoms with Gasteiger partial charge in [-0.15, -0.1) is 11.6 Å². The Labute approximate surface area is 112 Å². The summed E-state index contributed by atoms with van der Waals surface area (Å²) in [6.45, 7) is 5.04. The molecule has 0 spiro atoms. The molecule has 0 bridgehead atoms. The fourth-order valence-electron chi connectivity index (χ4n) is 1.46. The highest BCUT2D eigenvalue weighted by atomic mass is 35.5. The van der Waals surface area contributed by atoms with Crippen molar-refractivity contribution in [3.8, 4) is 0 Å². The Morgan fingerprint density at radius 1 is 1.38 bits per heavy atom. The van der Waals surface area contributed by atoms with E-state index in [9.17, 15) is 0 Å². The SMILES string of the molecule is CC(C)N(CCCCl)c1ncc(Cl)cc1Cl. The van der Waals surface area contributed by atoms with Crippen LogP contribution in [0.3, 0.4) is 0 Å². The van der Waals surface area contributed by atoms with Gasteiger partial charge in [0, 0.05) is 24.7 Å². The molecule has 1 aromatic heterocycles. The van der Waals surface area contributed by atoms with E-state index in [4.69, 9.17) is 34.8 Å². The van der Waals surface area contributed by atoms with Gasteiger partial charge in [0.2, 0.25) is 0 Å². The van der Waals surface area contributed by atoms with Crippen LogP contribution in [0.5, 0.6) is 0 Å². The Bertz CT molecular complexity index is 342. The van der Waals surface area contributed by atoms with Crippen LogP contribution in [0.25, 0.3) is 0 Å². The van der Waals surface area contributed by atoms with Crippen LogP contribution in [0, 0.1) is 0 Å². The van der Waals surface area contributed by atoms with Crippen LogP contribution < -0.4 is 4.90 Å². The summed E-state index contributed by atoms with van der Waals surface area (Å²) in [4.78, 5) is 6.40. The van der Waals surface area contributed by atoms with E-state index < -0.39 is 0 Å². The van der Waals surface area contributed by atoms with Gasteiger partial charge in [0.05, 0.1) is 10.0 Å². The Hall–Kier alpha value is -0.180. The molecule has 0 aliphatic rings. The Morgan fingerprint density at radius 2 is 2.06 bits per heavy atom. The summed E-state index contributed by atoms with van der Waals surface area (Å²) in [5, 5.41) is 1.13. The average Bonchev–Trinajstić information content (AvgIpc) is 2.20. The molecular formula is C11H15Cl3N2. The molecule has 1 heterocycles. The Balaban J connectivity index is 2.92. The zero-order valence-electron chi connectivity index (χ0n) is 9.38. The topological polar surface area (TPSA) is 16.1 Å². The molecule has 0 fully saturated rings. The van der Waals surface area contributed by atoms with Crippen molar-refractivity contribution < 1.29 is 0 Å². The normalized spacial score (nSPS) is 10.9. The molecule has 16 heavy (non-hydrogen) atoms. The first-order chi connectivity index (χ1) is 7.56. The number of hydrogen-bond donors (Lipinski definition) is 0. The molecule has 0 aliphatic carbocycles. The van der Waals surface area contributed by atoms with Gasteiger partial charge in [-0.05, 0) is 26.3 Å². The van der Waals surface area contributed by atoms with Gasteiger partial charge in [0.15, 0.2) is 0 Å². The molecule has 90 valence electrons. The zero-order chi connectivity index (χ0) is 12.1. The van der Waals surface area contributed by atoms with E-state index in [2.05, 4.69) is 23.7 Å². The van der Waals surface area contributed by atoms with Crippen molar-refractivity contribution >= 4 is 40.6 Å². The molecule has 0 atom stereocenters. The maximum Gasteiger partial charge on any atom is 0.147 e. The number of rotatable bonds is 5. The standard InChI is InChI=1S/C11H15Cl3N2/c1-8(2)16(5-3-4-12)11-10(14)6-9(13)7-15-11/h6-8H,3-5H2,1-2H3. The van der Waals surface area contributed by atoms with Crippen molar-refractivity contribution in [1.82, 2.24) is 4.98 Å². The van der Waals surface area contributed by atoms with Crippen molar-refractivity contribution in [1.29, 1.82) is 0 Å². The Kier molecular flexibility index (Phi) is 5.67. The summed E-state index contributed by atoms with van der Waals surface area (Å²) in [5.74, 6) is 1.40. The lowest BCUT2D eigenvalue weighted by molar-refractivity contribution is 0.664. The maximum atomic E-state index is 6.13. The predicted molar refractivity (Wildman–Crippen MR) is 72.1 cm³/mol. The molecule has 0 aromatic carbocycles. The predicted octanol–water partition coefficient (Wildman–Crippen LogP) is 4.23. The maximum absolute atomic E-state index is 6.13. The number of halogens is 3. The quantitative estimate of drug-likeness (QED) is 0.751. The highest BCUT2D eigenvalue weighted by Gasteiger charge is 2.14. The second kappa shape index (κ2) is 6.53. The molecule has 0 aliphatic heterocycles. The lowest BCUT2D eigenvalue weighted by Gasteiger charge is -2.28. The van der Waals surface area contributed by atoms with E-state index in [1.165, 1.54) is 0 Å². The molecular weight excluding hydrogens is 266 g/mol. The average molecular weight is 282 g/mol. The molecule has 0 radical (unpaired) electrons. The van der Waals surface area contributed by atoms with E-state index in [1.54, 1.807) is 12.3 Å². The summed E-state index contributed by atoms with van der Waals surface area (Å²) in [7, 11) is 0. The fourth-order valence-corrected chi connectivity index (χ4v) is 2.07. The minimum absolute atomic E-state index is 0.328. The van der Waals surface area contributed by atoms with Crippen molar-refractivity contribution in [3.05, 3.63) is 22.3 Å². The lowest BCUT2D eigenvalue weighted by atomic mass is 10.3. The van der Waals surface area contributed by atoms with Crippen LogP contribution in [-0.4, -0.2) is 23.5 Å². The van der Waals surface area contributed by atoms with Crippen LogP contribution >= 0.6 is 34.8 Å². The molecule has 2 nitrogen and oxygen atoms in total. The largest absolute Gasteiger partial charge is 0.353 e. The van der Waals surface area contributed by atoms with Crippen molar-refractivity contribution in [2.75, 3.05) is 17.3 Å². The van der Waals surface area contributed by atoms with Crippen LogP contribution in [-0.2, 0) is 0 Å². The van der Waals surface area contributed by atoms with Crippen molar-refractivity contribution in [3.63, 3.8) is 0 Å². The highest BCUT2D eigenvalue weighted by molar-refractivity contribution is 6.36. The number of pyridine rings is 1. The minimum Gasteiger partial charge on any atom is -0.353 e. The molecule has 0 unspecified atom stereocenters. The number of aromatic nitrogens is 1. The molecule has 0 saturated carbocycles. The van der Waals surface area contributed by atoms with Gasteiger partial charge in [0.1, 0.15) is 5.82 Å². The first-order valence-corrected chi connectivity index (χ1v) is 6.49. The van der Waals surface area contributed by atoms with Crippen molar-refractivity contribution in [2.45, 2.75) is 26.3 Å². The zero-order valence-corrected chi connectivity index (χ0v) is 11.6. The second-order valence-electron chi connectivity index (χ2n) is 3.79. The van der Waals surface area contributed by atoms with Crippen molar-refractivity contribution in [2.24, 2.45) is 0 Å². The van der Waals surface area contributed by atoms with Gasteiger partial charge in [0.25, 0.3) is 0 Å². The Morgan fingerprint density at radius 3 is 2.56 bits per heavy atom. The highest BCUT2D eigenvalue weighted by Crippen LogP contribution is 2.27. The van der Waals surface area contributed by atoms with Gasteiger partial charge in [-0.25, -0.2) is 4.98 Å². The van der Waals surface area contributed by atoms with E-state index in [-0.39, 0.29) is 0 Å². The van der Waals surface area contributed by atoms with Crippen LogP contribution in [0.4, 0.5) is 5.82 Å². The van der Waals surface area contributed by atoms with E-state index in [1.807, 2.05) is 0 Å². The van der Waals surface area contributed by atoms with Crippen LogP contribution in [0.15, 0.2) is 12.3 Å². The van der Waals surface area contributed by atoms with Gasteiger partial charge in [-0.3, -0.25) is 0 Å². The summed E-state index contributed by atoms with van der Waals surface area (Å²) >= 11 is 17.6. The van der Waals surface area contributed by atoms with Gasteiger partial charge in [-0.2, -0.15) is 0 Å². The summed E-state index contributed by atoms with van der Waals surface area (Å²) in [5.41, 5.74) is 0. The van der Waals surface area contributed by atoms with Crippen LogP contribution in [0.2, 0.25) is 10.0 Å². The third-order valence-electron chi connectivity index (χ3n) is 2.22. The number of anilines is 1. The lowest BCUT2D eigenvalue weighted by Crippen LogP contribution is -2.32. The third-order valence-corrected chi connectivity index (χ3v) is 2.97. The first-order valence-electron chi connectivity index (χ1n) is 5.20. The molecule has 0 saturated heterocycles. The summed E-state index contributed by atoms with van der Waals surface area (Å²) < 4.78 is 0. The van der Waals surface area contributed by atoms with E-state index >= 15 is 0 Å². The number of nitrogens with zero attached hydrogens (tertiary/aromatic N) is 2. The van der Waals surface area contributed by atoms with Gasteiger partial charge in [-0.1, -0.05) is 23.2 Å². The molecule has 0 amide bonds. The monoisotopic (exact) mass is 280 g/mol. The van der Waals surface area contributed by atoms with Gasteiger partial charge < -0.3 is 4.90 Å².